The Morgan fingerprint density at radius 3 is 2.81 bits per heavy atom. The fourth-order valence-electron chi connectivity index (χ4n) is 4.10. The average Bonchev–Trinajstić information content (AvgIpc) is 3.40. The minimum absolute atomic E-state index is 0.0243. The molecule has 0 aliphatic heterocycles. The van der Waals surface area contributed by atoms with E-state index >= 15 is 0 Å². The van der Waals surface area contributed by atoms with Gasteiger partial charge < -0.3 is 10.7 Å². The summed E-state index contributed by atoms with van der Waals surface area (Å²) in [6.45, 7) is 1.89. The van der Waals surface area contributed by atoms with Gasteiger partial charge in [-0.3, -0.25) is 4.79 Å². The molecule has 4 aromatic rings. The lowest BCUT2D eigenvalue weighted by molar-refractivity contribution is 0.103. The van der Waals surface area contributed by atoms with E-state index in [0.717, 1.165) is 33.7 Å². The van der Waals surface area contributed by atoms with E-state index in [1.165, 1.54) is 17.1 Å². The van der Waals surface area contributed by atoms with Crippen molar-refractivity contribution >= 4 is 38.5 Å². The van der Waals surface area contributed by atoms with Crippen molar-refractivity contribution in [3.63, 3.8) is 0 Å². The Labute approximate surface area is 184 Å². The summed E-state index contributed by atoms with van der Waals surface area (Å²) in [6, 6.07) is 11.1. The van der Waals surface area contributed by atoms with Crippen molar-refractivity contribution in [2.75, 3.05) is 12.0 Å². The molecule has 2 aromatic heterocycles. The zero-order valence-corrected chi connectivity index (χ0v) is 18.4. The molecule has 0 unspecified atom stereocenters. The Morgan fingerprint density at radius 1 is 1.22 bits per heavy atom. The molecule has 2 aromatic carbocycles. The number of nitrogen functional groups attached to an aromatic ring is 1. The number of Topliss-reactive ketones (excluding diaryl/α,β-unsaturated/α-hetero) is 1. The number of aromatic nitrogens is 4. The molecule has 162 valence electrons. The Morgan fingerprint density at radius 2 is 2.03 bits per heavy atom. The molecular weight excluding hydrogens is 426 g/mol. The number of hydrogen-bond acceptors (Lipinski definition) is 6. The van der Waals surface area contributed by atoms with Crippen LogP contribution in [-0.2, 0) is 22.0 Å². The first-order chi connectivity index (χ1) is 15.2. The van der Waals surface area contributed by atoms with Crippen LogP contribution in [0.5, 0.6) is 0 Å². The molecule has 0 fully saturated rings. The zero-order valence-electron chi connectivity index (χ0n) is 17.6. The van der Waals surface area contributed by atoms with E-state index in [1.54, 1.807) is 6.07 Å². The molecule has 3 N–H and O–H groups in total. The van der Waals surface area contributed by atoms with Crippen molar-refractivity contribution in [3.8, 4) is 5.69 Å². The summed E-state index contributed by atoms with van der Waals surface area (Å²) < 4.78 is 24.7. The van der Waals surface area contributed by atoms with E-state index < -0.39 is 9.84 Å². The van der Waals surface area contributed by atoms with Crippen molar-refractivity contribution in [2.24, 2.45) is 0 Å². The Balaban J connectivity index is 1.42. The summed E-state index contributed by atoms with van der Waals surface area (Å²) in [4.78, 5) is 20.8. The molecular formula is C23H21N5O3S. The minimum atomic E-state index is -3.13. The van der Waals surface area contributed by atoms with E-state index in [0.29, 0.717) is 23.1 Å². The van der Waals surface area contributed by atoms with E-state index in [9.17, 15) is 13.2 Å². The topological polar surface area (TPSA) is 124 Å². The summed E-state index contributed by atoms with van der Waals surface area (Å²) in [6.07, 6.45) is 4.95. The molecule has 5 rings (SSSR count). The normalized spacial score (nSPS) is 13.4. The second-order valence-electron chi connectivity index (χ2n) is 8.16. The largest absolute Gasteiger partial charge is 0.383 e. The smallest absolute Gasteiger partial charge is 0.194 e. The number of imidazole rings is 1. The number of aromatic amines is 1. The number of sulfone groups is 1. The summed E-state index contributed by atoms with van der Waals surface area (Å²) in [5.74, 6) is 0.867. The number of anilines is 1. The second-order valence-corrected chi connectivity index (χ2v) is 10.3. The van der Waals surface area contributed by atoms with E-state index in [2.05, 4.69) is 15.1 Å². The van der Waals surface area contributed by atoms with Gasteiger partial charge in [0.25, 0.3) is 0 Å². The predicted molar refractivity (Wildman–Crippen MR) is 123 cm³/mol. The van der Waals surface area contributed by atoms with Gasteiger partial charge in [-0.1, -0.05) is 18.2 Å². The highest BCUT2D eigenvalue weighted by Crippen LogP contribution is 2.30. The lowest BCUT2D eigenvalue weighted by Gasteiger charge is -2.06. The maximum atomic E-state index is 13.2. The van der Waals surface area contributed by atoms with Crippen LogP contribution in [0.3, 0.4) is 0 Å². The molecule has 0 saturated heterocycles. The van der Waals surface area contributed by atoms with Gasteiger partial charge in [0, 0.05) is 18.2 Å². The first-order valence-electron chi connectivity index (χ1n) is 10.0. The molecule has 32 heavy (non-hydrogen) atoms. The number of nitrogens with zero attached hydrogens (tertiary/aromatic N) is 3. The van der Waals surface area contributed by atoms with Crippen LogP contribution in [0, 0.1) is 6.92 Å². The van der Waals surface area contributed by atoms with Crippen LogP contribution in [0.2, 0.25) is 0 Å². The van der Waals surface area contributed by atoms with E-state index in [4.69, 9.17) is 5.73 Å². The van der Waals surface area contributed by atoms with Gasteiger partial charge in [-0.25, -0.2) is 18.1 Å². The monoisotopic (exact) mass is 447 g/mol. The van der Waals surface area contributed by atoms with E-state index in [-0.39, 0.29) is 17.4 Å². The molecule has 0 amide bonds. The van der Waals surface area contributed by atoms with Gasteiger partial charge in [0.15, 0.2) is 15.6 Å². The van der Waals surface area contributed by atoms with Gasteiger partial charge in [-0.2, -0.15) is 5.10 Å². The number of rotatable bonds is 5. The van der Waals surface area contributed by atoms with Gasteiger partial charge in [0.1, 0.15) is 11.6 Å². The third-order valence-corrected chi connectivity index (χ3v) is 6.38. The van der Waals surface area contributed by atoms with Crippen molar-refractivity contribution in [1.29, 1.82) is 0 Å². The number of allylic oxidation sites excluding steroid dienone is 1. The Bertz CT molecular complexity index is 1540. The number of nitrogens with one attached hydrogen (secondary N) is 1. The first kappa shape index (κ1) is 20.2. The number of carbonyl (C=O) groups excluding carboxylic acids is 1. The summed E-state index contributed by atoms with van der Waals surface area (Å²) in [5.41, 5.74) is 12.2. The Kier molecular flexibility index (Phi) is 4.52. The third kappa shape index (κ3) is 3.60. The number of hydrogen-bond donors (Lipinski definition) is 2. The predicted octanol–water partition coefficient (Wildman–Crippen LogP) is 3.01. The van der Waals surface area contributed by atoms with Gasteiger partial charge in [-0.05, 0) is 47.9 Å². The molecule has 0 saturated carbocycles. The highest BCUT2D eigenvalue weighted by atomic mass is 32.2. The number of H-pyrrole nitrogens is 1. The van der Waals surface area contributed by atoms with Crippen molar-refractivity contribution < 1.29 is 13.2 Å². The number of fused-ring (bicyclic) bond motifs is 2. The van der Waals surface area contributed by atoms with E-state index in [1.807, 2.05) is 43.3 Å². The fourth-order valence-corrected chi connectivity index (χ4v) is 4.89. The molecule has 9 heteroatoms. The quantitative estimate of drug-likeness (QED) is 0.453. The second kappa shape index (κ2) is 7.16. The molecule has 2 heterocycles. The SMILES string of the molecule is Cc1nc2ccc(-n3ncc(C(=O)C4=Cc5ccc(CS(C)(=O)=O)cc5C4)c3N)cc2[nH]1. The van der Waals surface area contributed by atoms with Gasteiger partial charge in [0.05, 0.1) is 34.2 Å². The van der Waals surface area contributed by atoms with Crippen molar-refractivity contribution in [2.45, 2.75) is 19.1 Å². The molecule has 8 nitrogen and oxygen atoms in total. The van der Waals surface area contributed by atoms with Gasteiger partial charge in [0.2, 0.25) is 0 Å². The third-order valence-electron chi connectivity index (χ3n) is 5.52. The van der Waals surface area contributed by atoms with Crippen LogP contribution >= 0.6 is 0 Å². The molecule has 0 bridgehead atoms. The van der Waals surface area contributed by atoms with Crippen molar-refractivity contribution in [1.82, 2.24) is 19.7 Å². The lowest BCUT2D eigenvalue weighted by Crippen LogP contribution is -2.08. The zero-order chi connectivity index (χ0) is 22.6. The number of benzene rings is 2. The van der Waals surface area contributed by atoms with Crippen LogP contribution < -0.4 is 5.73 Å². The van der Waals surface area contributed by atoms with Gasteiger partial charge in [-0.15, -0.1) is 0 Å². The maximum Gasteiger partial charge on any atom is 0.194 e. The number of aryl methyl sites for hydroxylation is 1. The summed E-state index contributed by atoms with van der Waals surface area (Å²) in [5, 5.41) is 4.34. The number of ketones is 1. The summed E-state index contributed by atoms with van der Waals surface area (Å²) >= 11 is 0. The van der Waals surface area contributed by atoms with Crippen LogP contribution in [0.15, 0.2) is 48.2 Å². The molecule has 1 aliphatic carbocycles. The molecule has 0 spiro atoms. The summed E-state index contributed by atoms with van der Waals surface area (Å²) in [7, 11) is -3.13. The highest BCUT2D eigenvalue weighted by molar-refractivity contribution is 7.89. The molecule has 1 aliphatic rings. The molecule has 0 atom stereocenters. The van der Waals surface area contributed by atoms with Crippen LogP contribution in [0.4, 0.5) is 5.82 Å². The van der Waals surface area contributed by atoms with Crippen LogP contribution in [0.25, 0.3) is 22.8 Å². The Hall–Kier alpha value is -3.72. The highest BCUT2D eigenvalue weighted by Gasteiger charge is 2.24. The first-order valence-corrected chi connectivity index (χ1v) is 12.1. The maximum absolute atomic E-state index is 13.2. The molecule has 0 radical (unpaired) electrons. The average molecular weight is 448 g/mol. The van der Waals surface area contributed by atoms with Gasteiger partial charge >= 0.3 is 0 Å². The number of carbonyl (C=O) groups is 1. The fraction of sp³-hybridized carbons (Fsp3) is 0.174. The lowest BCUT2D eigenvalue weighted by atomic mass is 10.0. The van der Waals surface area contributed by atoms with Crippen LogP contribution in [0.1, 0.15) is 32.9 Å². The van der Waals surface area contributed by atoms with Crippen LogP contribution in [-0.4, -0.2) is 40.2 Å². The minimum Gasteiger partial charge on any atom is -0.383 e. The number of nitrogens with two attached hydrogens (primary N) is 1. The standard InChI is InChI=1S/C23H21N5O3S/c1-13-26-20-6-5-18(10-21(20)27-13)28-23(24)19(11-25-28)22(29)17-8-15-4-3-14(7-16(15)9-17)12-32(2,30)31/h3-8,10-11H,9,12,24H2,1-2H3,(H,26,27). The van der Waals surface area contributed by atoms with Crippen molar-refractivity contribution in [3.05, 3.63) is 76.2 Å².